The lowest BCUT2D eigenvalue weighted by Crippen LogP contribution is -2.56. The summed E-state index contributed by atoms with van der Waals surface area (Å²) >= 11 is 1.57. The van der Waals surface area contributed by atoms with E-state index in [1.807, 2.05) is 56.0 Å². The topological polar surface area (TPSA) is 69.6 Å². The van der Waals surface area contributed by atoms with Crippen LogP contribution in [0.2, 0.25) is 0 Å². The molecule has 2 saturated heterocycles. The fourth-order valence-corrected chi connectivity index (χ4v) is 5.00. The number of imide groups is 1. The van der Waals surface area contributed by atoms with Crippen LogP contribution in [0, 0.1) is 12.8 Å². The van der Waals surface area contributed by atoms with E-state index in [1.165, 1.54) is 4.90 Å². The van der Waals surface area contributed by atoms with E-state index in [0.717, 1.165) is 15.7 Å². The average Bonchev–Trinajstić information content (AvgIpc) is 3.22. The highest BCUT2D eigenvalue weighted by Gasteiger charge is 2.58. The maximum absolute atomic E-state index is 13.5. The molecule has 7 nitrogen and oxygen atoms in total. The summed E-state index contributed by atoms with van der Waals surface area (Å²) in [6.07, 6.45) is 1.22. The molecule has 1 aromatic heterocycles. The minimum Gasteiger partial charge on any atom is -0.346 e. The summed E-state index contributed by atoms with van der Waals surface area (Å²) < 4.78 is 0. The van der Waals surface area contributed by atoms with Crippen LogP contribution in [0.5, 0.6) is 0 Å². The van der Waals surface area contributed by atoms with E-state index in [1.54, 1.807) is 11.3 Å². The van der Waals surface area contributed by atoms with Crippen LogP contribution < -0.4 is 4.90 Å². The molecule has 154 valence electrons. The second kappa shape index (κ2) is 7.74. The minimum atomic E-state index is -0.766. The predicted molar refractivity (Wildman–Crippen MR) is 113 cm³/mol. The Labute approximate surface area is 175 Å². The number of hydrogen-bond acceptors (Lipinski definition) is 6. The number of piperidine rings is 1. The summed E-state index contributed by atoms with van der Waals surface area (Å²) in [7, 11) is 0. The molecule has 29 heavy (non-hydrogen) atoms. The summed E-state index contributed by atoms with van der Waals surface area (Å²) in [4.78, 5) is 32.2. The van der Waals surface area contributed by atoms with Crippen LogP contribution in [-0.2, 0) is 11.3 Å². The predicted octanol–water partition coefficient (Wildman–Crippen LogP) is 3.31. The first-order valence-electron chi connectivity index (χ1n) is 10.1. The van der Waals surface area contributed by atoms with Crippen LogP contribution in [0.3, 0.4) is 0 Å². The molecule has 3 heterocycles. The molecular weight excluding hydrogens is 386 g/mol. The van der Waals surface area contributed by atoms with E-state index < -0.39 is 5.54 Å². The molecule has 1 aromatic carbocycles. The fraction of sp³-hybridized carbons (Fsp3) is 0.524. The van der Waals surface area contributed by atoms with E-state index in [2.05, 4.69) is 15.1 Å². The highest BCUT2D eigenvalue weighted by molar-refractivity contribution is 7.15. The molecular formula is C21H27N5O2S. The highest BCUT2D eigenvalue weighted by Crippen LogP contribution is 2.40. The Morgan fingerprint density at radius 1 is 1.10 bits per heavy atom. The minimum absolute atomic E-state index is 0.0415. The molecule has 2 aromatic rings. The van der Waals surface area contributed by atoms with Gasteiger partial charge in [0.05, 0.1) is 0 Å². The quantitative estimate of drug-likeness (QED) is 0.704. The summed E-state index contributed by atoms with van der Waals surface area (Å²) in [6, 6.07) is 9.76. The molecule has 2 aliphatic heterocycles. The average molecular weight is 414 g/mol. The van der Waals surface area contributed by atoms with Crippen LogP contribution in [0.25, 0.3) is 0 Å². The Morgan fingerprint density at radius 3 is 2.38 bits per heavy atom. The first kappa shape index (κ1) is 19.8. The number of aromatic nitrogens is 2. The molecule has 3 amide bonds. The van der Waals surface area contributed by atoms with E-state index in [0.29, 0.717) is 39.0 Å². The summed E-state index contributed by atoms with van der Waals surface area (Å²) in [5.74, 6) is 0.196. The Hall–Kier alpha value is -2.48. The van der Waals surface area contributed by atoms with Crippen molar-refractivity contribution in [2.24, 2.45) is 5.92 Å². The number of amides is 3. The van der Waals surface area contributed by atoms with Gasteiger partial charge in [0, 0.05) is 26.2 Å². The lowest BCUT2D eigenvalue weighted by molar-refractivity contribution is -0.134. The van der Waals surface area contributed by atoms with Crippen molar-refractivity contribution in [1.29, 1.82) is 0 Å². The Kier molecular flexibility index (Phi) is 5.29. The number of rotatable bonds is 5. The number of hydrogen-bond donors (Lipinski definition) is 0. The van der Waals surface area contributed by atoms with Crippen LogP contribution in [0.1, 0.15) is 37.3 Å². The van der Waals surface area contributed by atoms with E-state index in [4.69, 9.17) is 0 Å². The molecule has 1 spiro atoms. The van der Waals surface area contributed by atoms with E-state index in [-0.39, 0.29) is 17.9 Å². The van der Waals surface area contributed by atoms with Crippen molar-refractivity contribution in [2.45, 2.75) is 45.7 Å². The zero-order valence-corrected chi connectivity index (χ0v) is 18.0. The van der Waals surface area contributed by atoms with Gasteiger partial charge in [0.25, 0.3) is 5.91 Å². The van der Waals surface area contributed by atoms with E-state index in [9.17, 15) is 9.59 Å². The van der Waals surface area contributed by atoms with Gasteiger partial charge in [0.15, 0.2) is 0 Å². The number of nitrogens with zero attached hydrogens (tertiary/aromatic N) is 5. The third-order valence-electron chi connectivity index (χ3n) is 5.73. The monoisotopic (exact) mass is 413 g/mol. The van der Waals surface area contributed by atoms with Crippen LogP contribution in [0.15, 0.2) is 30.3 Å². The standard InChI is InChI=1S/C21H27N5O2S/c1-15(2)13-25-18(27)21(26(20(25)28)14-17-7-5-4-6-8-17)9-11-24(12-10-21)19-23-22-16(3)29-19/h4-8,15H,9-14H2,1-3H3. The molecule has 0 radical (unpaired) electrons. The molecule has 0 N–H and O–H groups in total. The van der Waals surface area contributed by atoms with Crippen LogP contribution in [-0.4, -0.2) is 57.1 Å². The van der Waals surface area contributed by atoms with E-state index >= 15 is 0 Å². The molecule has 2 fully saturated rings. The molecule has 0 bridgehead atoms. The number of benzene rings is 1. The van der Waals surface area contributed by atoms with Crippen LogP contribution in [0.4, 0.5) is 9.93 Å². The van der Waals surface area contributed by atoms with Gasteiger partial charge in [-0.1, -0.05) is 55.5 Å². The van der Waals surface area contributed by atoms with Gasteiger partial charge in [-0.25, -0.2) is 4.79 Å². The summed E-state index contributed by atoms with van der Waals surface area (Å²) in [5.41, 5.74) is 0.277. The van der Waals surface area contributed by atoms with Crippen molar-refractivity contribution < 1.29 is 9.59 Å². The lowest BCUT2D eigenvalue weighted by Gasteiger charge is -2.42. The third-order valence-corrected chi connectivity index (χ3v) is 6.63. The molecule has 8 heteroatoms. The smallest absolute Gasteiger partial charge is 0.327 e. The maximum Gasteiger partial charge on any atom is 0.327 e. The lowest BCUT2D eigenvalue weighted by atomic mass is 9.85. The highest BCUT2D eigenvalue weighted by atomic mass is 32.1. The van der Waals surface area contributed by atoms with Crippen molar-refractivity contribution >= 4 is 28.4 Å². The second-order valence-corrected chi connectivity index (χ2v) is 9.45. The van der Waals surface area contributed by atoms with Crippen molar-refractivity contribution in [3.8, 4) is 0 Å². The second-order valence-electron chi connectivity index (χ2n) is 8.29. The van der Waals surface area contributed by atoms with Crippen molar-refractivity contribution in [3.05, 3.63) is 40.9 Å². The summed E-state index contributed by atoms with van der Waals surface area (Å²) in [6.45, 7) is 8.31. The molecule has 2 aliphatic rings. The normalized spacial score (nSPS) is 19.1. The van der Waals surface area contributed by atoms with Gasteiger partial charge < -0.3 is 9.80 Å². The van der Waals surface area contributed by atoms with Gasteiger partial charge in [-0.15, -0.1) is 10.2 Å². The Bertz CT molecular complexity index is 889. The number of carbonyl (C=O) groups is 2. The molecule has 0 aliphatic carbocycles. The maximum atomic E-state index is 13.5. The zero-order valence-electron chi connectivity index (χ0n) is 17.2. The van der Waals surface area contributed by atoms with Gasteiger partial charge in [0.1, 0.15) is 10.5 Å². The summed E-state index contributed by atoms with van der Waals surface area (Å²) in [5, 5.41) is 10.2. The number of urea groups is 1. The first-order valence-corrected chi connectivity index (χ1v) is 10.9. The van der Waals surface area contributed by atoms with Crippen molar-refractivity contribution in [2.75, 3.05) is 24.5 Å². The van der Waals surface area contributed by atoms with Gasteiger partial charge in [-0.05, 0) is 31.2 Å². The largest absolute Gasteiger partial charge is 0.346 e. The molecule has 0 atom stereocenters. The van der Waals surface area contributed by atoms with Gasteiger partial charge in [-0.3, -0.25) is 9.69 Å². The Balaban J connectivity index is 1.61. The number of anilines is 1. The Morgan fingerprint density at radius 2 is 1.79 bits per heavy atom. The van der Waals surface area contributed by atoms with Gasteiger partial charge in [-0.2, -0.15) is 0 Å². The SMILES string of the molecule is Cc1nnc(N2CCC3(CC2)C(=O)N(CC(C)C)C(=O)N3Cc2ccccc2)s1. The first-order chi connectivity index (χ1) is 13.9. The molecule has 4 rings (SSSR count). The van der Waals surface area contributed by atoms with Gasteiger partial charge >= 0.3 is 6.03 Å². The van der Waals surface area contributed by atoms with Gasteiger partial charge in [0.2, 0.25) is 5.13 Å². The number of carbonyl (C=O) groups excluding carboxylic acids is 2. The van der Waals surface area contributed by atoms with Crippen molar-refractivity contribution in [1.82, 2.24) is 20.0 Å². The number of aryl methyl sites for hydroxylation is 1. The van der Waals surface area contributed by atoms with Crippen molar-refractivity contribution in [3.63, 3.8) is 0 Å². The zero-order chi connectivity index (χ0) is 20.6. The fourth-order valence-electron chi connectivity index (χ4n) is 4.26. The molecule has 0 unspecified atom stereocenters. The van der Waals surface area contributed by atoms with Crippen LogP contribution >= 0.6 is 11.3 Å². The molecule has 0 saturated carbocycles. The third kappa shape index (κ3) is 3.61.